The highest BCUT2D eigenvalue weighted by Gasteiger charge is 2.24. The Bertz CT molecular complexity index is 439. The first kappa shape index (κ1) is 12.0. The summed E-state index contributed by atoms with van der Waals surface area (Å²) in [6.07, 6.45) is 6.24. The number of hydrogen-bond acceptors (Lipinski definition) is 2. The maximum Gasteiger partial charge on any atom is 0.124 e. The molecule has 1 aromatic carbocycles. The van der Waals surface area contributed by atoms with Crippen LogP contribution < -0.4 is 10.1 Å². The summed E-state index contributed by atoms with van der Waals surface area (Å²) < 4.78 is 5.86. The highest BCUT2D eigenvalue weighted by atomic mass is 16.5. The summed E-state index contributed by atoms with van der Waals surface area (Å²) >= 11 is 0. The first-order valence-electron chi connectivity index (χ1n) is 7.28. The van der Waals surface area contributed by atoms with Crippen molar-refractivity contribution in [1.29, 1.82) is 0 Å². The van der Waals surface area contributed by atoms with Crippen molar-refractivity contribution in [3.05, 3.63) is 28.8 Å². The van der Waals surface area contributed by atoms with Crippen LogP contribution in [-0.2, 0) is 12.8 Å². The summed E-state index contributed by atoms with van der Waals surface area (Å²) in [5.41, 5.74) is 4.46. The number of fused-ring (bicyclic) bond motifs is 2. The van der Waals surface area contributed by atoms with Gasteiger partial charge in [-0.25, -0.2) is 0 Å². The number of ether oxygens (including phenoxy) is 1. The van der Waals surface area contributed by atoms with Crippen molar-refractivity contribution < 1.29 is 4.74 Å². The highest BCUT2D eigenvalue weighted by Crippen LogP contribution is 2.36. The summed E-state index contributed by atoms with van der Waals surface area (Å²) in [6, 6.07) is 5.71. The van der Waals surface area contributed by atoms with Crippen molar-refractivity contribution in [2.45, 2.75) is 58.0 Å². The third-order valence-corrected chi connectivity index (χ3v) is 4.05. The lowest BCUT2D eigenvalue weighted by atomic mass is 9.87. The van der Waals surface area contributed by atoms with Gasteiger partial charge in [-0.1, -0.05) is 19.9 Å². The first-order chi connectivity index (χ1) is 8.74. The number of nitrogens with one attached hydrogen (secondary N) is 1. The van der Waals surface area contributed by atoms with E-state index in [1.807, 2.05) is 0 Å². The summed E-state index contributed by atoms with van der Waals surface area (Å²) in [5, 5.41) is 3.66. The van der Waals surface area contributed by atoms with Gasteiger partial charge in [0.1, 0.15) is 5.75 Å². The Morgan fingerprint density at radius 2 is 1.89 bits per heavy atom. The summed E-state index contributed by atoms with van der Waals surface area (Å²) in [6.45, 7) is 5.28. The summed E-state index contributed by atoms with van der Waals surface area (Å²) in [4.78, 5) is 0. The van der Waals surface area contributed by atoms with Crippen LogP contribution in [0.15, 0.2) is 12.1 Å². The van der Waals surface area contributed by atoms with Gasteiger partial charge in [0.2, 0.25) is 0 Å². The Labute approximate surface area is 110 Å². The van der Waals surface area contributed by atoms with E-state index in [1.165, 1.54) is 36.8 Å². The van der Waals surface area contributed by atoms with Crippen molar-refractivity contribution in [3.8, 4) is 5.75 Å². The van der Waals surface area contributed by atoms with Crippen LogP contribution in [0, 0.1) is 0 Å². The molecule has 2 aliphatic rings. The summed E-state index contributed by atoms with van der Waals surface area (Å²) in [7, 11) is 0. The number of rotatable bonds is 2. The fourth-order valence-corrected chi connectivity index (χ4v) is 3.20. The molecule has 0 fully saturated rings. The molecule has 1 heterocycles. The Balaban J connectivity index is 1.95. The Morgan fingerprint density at radius 1 is 1.17 bits per heavy atom. The fourth-order valence-electron chi connectivity index (χ4n) is 3.20. The van der Waals surface area contributed by atoms with E-state index in [4.69, 9.17) is 4.74 Å². The van der Waals surface area contributed by atoms with Crippen LogP contribution >= 0.6 is 0 Å². The number of benzene rings is 1. The lowest BCUT2D eigenvalue weighted by molar-refractivity contribution is 0.247. The van der Waals surface area contributed by atoms with Gasteiger partial charge in [0.05, 0.1) is 6.61 Å². The van der Waals surface area contributed by atoms with Crippen LogP contribution in [0.2, 0.25) is 0 Å². The van der Waals surface area contributed by atoms with Gasteiger partial charge >= 0.3 is 0 Å². The second-order valence-corrected chi connectivity index (χ2v) is 5.88. The number of aryl methyl sites for hydroxylation is 2. The van der Waals surface area contributed by atoms with Crippen LogP contribution in [0.4, 0.5) is 0 Å². The average Bonchev–Trinajstić information content (AvgIpc) is 2.36. The Morgan fingerprint density at radius 3 is 2.61 bits per heavy atom. The van der Waals surface area contributed by atoms with E-state index in [2.05, 4.69) is 31.3 Å². The third-order valence-electron chi connectivity index (χ3n) is 4.05. The molecule has 1 aromatic rings. The molecule has 0 spiro atoms. The smallest absolute Gasteiger partial charge is 0.124 e. The van der Waals surface area contributed by atoms with Crippen molar-refractivity contribution in [1.82, 2.24) is 5.32 Å². The molecule has 1 aliphatic carbocycles. The van der Waals surface area contributed by atoms with Gasteiger partial charge in [-0.15, -0.1) is 0 Å². The monoisotopic (exact) mass is 245 g/mol. The van der Waals surface area contributed by atoms with E-state index < -0.39 is 0 Å². The van der Waals surface area contributed by atoms with Crippen molar-refractivity contribution in [3.63, 3.8) is 0 Å². The van der Waals surface area contributed by atoms with E-state index in [-0.39, 0.29) is 0 Å². The van der Waals surface area contributed by atoms with E-state index in [9.17, 15) is 0 Å². The van der Waals surface area contributed by atoms with Crippen LogP contribution in [0.5, 0.6) is 5.75 Å². The first-order valence-corrected chi connectivity index (χ1v) is 7.28. The highest BCUT2D eigenvalue weighted by molar-refractivity contribution is 5.46. The van der Waals surface area contributed by atoms with Crippen LogP contribution in [0.25, 0.3) is 0 Å². The minimum absolute atomic E-state index is 0.473. The molecule has 3 rings (SSSR count). The molecule has 1 atom stereocenters. The predicted molar refractivity (Wildman–Crippen MR) is 74.2 cm³/mol. The second kappa shape index (κ2) is 4.93. The minimum atomic E-state index is 0.473. The zero-order valence-electron chi connectivity index (χ0n) is 11.5. The minimum Gasteiger partial charge on any atom is -0.493 e. The average molecular weight is 245 g/mol. The standard InChI is InChI=1S/C16H23NO/c1-11(2)17-15-7-8-18-16-10-13-6-4-3-5-12(13)9-14(15)16/h9-11,15,17H,3-8H2,1-2H3. The summed E-state index contributed by atoms with van der Waals surface area (Å²) in [5.74, 6) is 1.13. The molecular formula is C16H23NO. The topological polar surface area (TPSA) is 21.3 Å². The zero-order chi connectivity index (χ0) is 12.5. The van der Waals surface area contributed by atoms with Gasteiger partial charge in [-0.2, -0.15) is 0 Å². The number of hydrogen-bond donors (Lipinski definition) is 1. The van der Waals surface area contributed by atoms with Gasteiger partial charge in [-0.05, 0) is 42.9 Å². The van der Waals surface area contributed by atoms with Crippen LogP contribution in [0.1, 0.15) is 55.8 Å². The Kier molecular flexibility index (Phi) is 3.29. The molecule has 1 unspecified atom stereocenters. The molecule has 1 aliphatic heterocycles. The normalized spacial score (nSPS) is 22.3. The largest absolute Gasteiger partial charge is 0.493 e. The van der Waals surface area contributed by atoms with E-state index >= 15 is 0 Å². The maximum absolute atomic E-state index is 5.86. The molecular weight excluding hydrogens is 222 g/mol. The molecule has 0 bridgehead atoms. The Hall–Kier alpha value is -1.02. The molecule has 0 amide bonds. The lowest BCUT2D eigenvalue weighted by Crippen LogP contribution is -2.32. The predicted octanol–water partition coefficient (Wildman–Crippen LogP) is 3.39. The van der Waals surface area contributed by atoms with Crippen LogP contribution in [-0.4, -0.2) is 12.6 Å². The van der Waals surface area contributed by atoms with Crippen molar-refractivity contribution in [2.24, 2.45) is 0 Å². The zero-order valence-corrected chi connectivity index (χ0v) is 11.5. The SMILES string of the molecule is CC(C)NC1CCOc2cc3c(cc21)CCCC3. The van der Waals surface area contributed by atoms with Gasteiger partial charge < -0.3 is 10.1 Å². The molecule has 0 saturated heterocycles. The van der Waals surface area contributed by atoms with Crippen LogP contribution in [0.3, 0.4) is 0 Å². The fraction of sp³-hybridized carbons (Fsp3) is 0.625. The van der Waals surface area contributed by atoms with Crippen molar-refractivity contribution in [2.75, 3.05) is 6.61 Å². The van der Waals surface area contributed by atoms with Gasteiger partial charge in [-0.3, -0.25) is 0 Å². The van der Waals surface area contributed by atoms with Crippen molar-refractivity contribution >= 4 is 0 Å². The molecule has 1 N–H and O–H groups in total. The molecule has 0 saturated carbocycles. The molecule has 0 aromatic heterocycles. The van der Waals surface area contributed by atoms with Gasteiger partial charge in [0.15, 0.2) is 0 Å². The maximum atomic E-state index is 5.86. The van der Waals surface area contributed by atoms with Gasteiger partial charge in [0, 0.05) is 24.1 Å². The lowest BCUT2D eigenvalue weighted by Gasteiger charge is -2.30. The van der Waals surface area contributed by atoms with E-state index in [0.717, 1.165) is 18.8 Å². The molecule has 0 radical (unpaired) electrons. The molecule has 2 nitrogen and oxygen atoms in total. The quantitative estimate of drug-likeness (QED) is 0.862. The molecule has 18 heavy (non-hydrogen) atoms. The molecule has 2 heteroatoms. The van der Waals surface area contributed by atoms with E-state index in [1.54, 1.807) is 5.56 Å². The van der Waals surface area contributed by atoms with Gasteiger partial charge in [0.25, 0.3) is 0 Å². The molecule has 98 valence electrons. The second-order valence-electron chi connectivity index (χ2n) is 5.88. The van der Waals surface area contributed by atoms with E-state index in [0.29, 0.717) is 12.1 Å². The third kappa shape index (κ3) is 2.26.